The van der Waals surface area contributed by atoms with Crippen molar-refractivity contribution in [3.05, 3.63) is 41.3 Å². The van der Waals surface area contributed by atoms with E-state index >= 15 is 0 Å². The third kappa shape index (κ3) is 2.67. The average molecular weight is 265 g/mol. The van der Waals surface area contributed by atoms with Crippen LogP contribution >= 0.6 is 11.6 Å². The fourth-order valence-electron chi connectivity index (χ4n) is 1.31. The van der Waals surface area contributed by atoms with Gasteiger partial charge < -0.3 is 16.2 Å². The summed E-state index contributed by atoms with van der Waals surface area (Å²) >= 11 is 5.77. The Labute approximate surface area is 108 Å². The Bertz CT molecular complexity index is 603. The first-order valence-electron chi connectivity index (χ1n) is 4.90. The zero-order valence-electron chi connectivity index (χ0n) is 9.13. The predicted octanol–water partition coefficient (Wildman–Crippen LogP) is 1.60. The summed E-state index contributed by atoms with van der Waals surface area (Å²) < 4.78 is 5.44. The lowest BCUT2D eigenvalue weighted by Crippen LogP contribution is -2.13. The summed E-state index contributed by atoms with van der Waals surface area (Å²) in [5, 5.41) is 0.413. The summed E-state index contributed by atoms with van der Waals surface area (Å²) in [6, 6.07) is 2.89. The van der Waals surface area contributed by atoms with Crippen LogP contribution in [-0.2, 0) is 0 Å². The largest absolute Gasteiger partial charge is 0.453 e. The SMILES string of the molecule is NC(=O)c1cc(N)ncc1Oc1cncc(Cl)c1. The first-order valence-corrected chi connectivity index (χ1v) is 5.28. The first kappa shape index (κ1) is 12.1. The van der Waals surface area contributed by atoms with Gasteiger partial charge in [-0.05, 0) is 6.07 Å². The van der Waals surface area contributed by atoms with Crippen molar-refractivity contribution in [2.45, 2.75) is 0 Å². The lowest BCUT2D eigenvalue weighted by molar-refractivity contribution is 0.0998. The van der Waals surface area contributed by atoms with E-state index in [9.17, 15) is 4.79 Å². The molecular weight excluding hydrogens is 256 g/mol. The topological polar surface area (TPSA) is 104 Å². The molecule has 7 heteroatoms. The fourth-order valence-corrected chi connectivity index (χ4v) is 1.47. The van der Waals surface area contributed by atoms with Crippen molar-refractivity contribution in [3.63, 3.8) is 0 Å². The number of nitrogens with two attached hydrogens (primary N) is 2. The molecular formula is C11H9ClN4O2. The Morgan fingerprint density at radius 2 is 2.06 bits per heavy atom. The maximum atomic E-state index is 11.2. The van der Waals surface area contributed by atoms with Gasteiger partial charge in [0.25, 0.3) is 5.91 Å². The second-order valence-electron chi connectivity index (χ2n) is 3.41. The van der Waals surface area contributed by atoms with E-state index < -0.39 is 5.91 Å². The van der Waals surface area contributed by atoms with Gasteiger partial charge in [-0.1, -0.05) is 11.6 Å². The van der Waals surface area contributed by atoms with E-state index in [-0.39, 0.29) is 17.1 Å². The van der Waals surface area contributed by atoms with E-state index in [1.54, 1.807) is 6.07 Å². The zero-order chi connectivity index (χ0) is 13.1. The molecule has 0 radical (unpaired) electrons. The molecule has 0 aliphatic rings. The number of carbonyl (C=O) groups is 1. The van der Waals surface area contributed by atoms with E-state index in [2.05, 4.69) is 9.97 Å². The Kier molecular flexibility index (Phi) is 3.29. The van der Waals surface area contributed by atoms with Crippen LogP contribution in [0, 0.1) is 0 Å². The van der Waals surface area contributed by atoms with Gasteiger partial charge in [-0.3, -0.25) is 9.78 Å². The molecule has 1 amide bonds. The van der Waals surface area contributed by atoms with Crippen LogP contribution < -0.4 is 16.2 Å². The quantitative estimate of drug-likeness (QED) is 0.876. The summed E-state index contributed by atoms with van der Waals surface area (Å²) in [4.78, 5) is 18.9. The highest BCUT2D eigenvalue weighted by atomic mass is 35.5. The molecule has 2 aromatic rings. The Hall–Kier alpha value is -2.34. The van der Waals surface area contributed by atoms with Gasteiger partial charge >= 0.3 is 0 Å². The molecule has 0 aromatic carbocycles. The normalized spacial score (nSPS) is 10.1. The van der Waals surface area contributed by atoms with Crippen molar-refractivity contribution in [3.8, 4) is 11.5 Å². The highest BCUT2D eigenvalue weighted by Gasteiger charge is 2.12. The van der Waals surface area contributed by atoms with Gasteiger partial charge in [0.15, 0.2) is 5.75 Å². The van der Waals surface area contributed by atoms with Gasteiger partial charge in [0.05, 0.1) is 23.0 Å². The van der Waals surface area contributed by atoms with Crippen molar-refractivity contribution in [2.24, 2.45) is 5.73 Å². The molecule has 0 aliphatic carbocycles. The molecule has 0 atom stereocenters. The van der Waals surface area contributed by atoms with Gasteiger partial charge in [-0.15, -0.1) is 0 Å². The minimum absolute atomic E-state index is 0.141. The van der Waals surface area contributed by atoms with Crippen LogP contribution in [0.4, 0.5) is 5.82 Å². The summed E-state index contributed by atoms with van der Waals surface area (Å²) in [5.74, 6) is 0.0896. The Balaban J connectivity index is 2.37. The number of halogens is 1. The molecule has 0 fully saturated rings. The molecule has 0 unspecified atom stereocenters. The molecule has 0 bridgehead atoms. The number of amides is 1. The van der Waals surface area contributed by atoms with Crippen molar-refractivity contribution in [1.29, 1.82) is 0 Å². The van der Waals surface area contributed by atoms with Gasteiger partial charge in [0.1, 0.15) is 11.6 Å². The minimum atomic E-state index is -0.658. The number of hydrogen-bond acceptors (Lipinski definition) is 5. The molecule has 0 saturated heterocycles. The predicted molar refractivity (Wildman–Crippen MR) is 66.5 cm³/mol. The minimum Gasteiger partial charge on any atom is -0.453 e. The summed E-state index contributed by atoms with van der Waals surface area (Å²) in [5.41, 5.74) is 10.8. The maximum absolute atomic E-state index is 11.2. The van der Waals surface area contributed by atoms with Crippen LogP contribution in [-0.4, -0.2) is 15.9 Å². The van der Waals surface area contributed by atoms with Gasteiger partial charge in [-0.2, -0.15) is 0 Å². The zero-order valence-corrected chi connectivity index (χ0v) is 9.89. The van der Waals surface area contributed by atoms with Crippen molar-refractivity contribution in [2.75, 3.05) is 5.73 Å². The third-order valence-corrected chi connectivity index (χ3v) is 2.27. The number of rotatable bonds is 3. The number of nitrogen functional groups attached to an aromatic ring is 1. The molecule has 92 valence electrons. The summed E-state index contributed by atoms with van der Waals surface area (Å²) in [6.45, 7) is 0. The number of hydrogen-bond donors (Lipinski definition) is 2. The molecule has 6 nitrogen and oxygen atoms in total. The number of primary amides is 1. The number of ether oxygens (including phenoxy) is 1. The average Bonchev–Trinajstić information content (AvgIpc) is 2.31. The summed E-state index contributed by atoms with van der Waals surface area (Å²) in [6.07, 6.45) is 4.23. The number of pyridine rings is 2. The maximum Gasteiger partial charge on any atom is 0.252 e. The Morgan fingerprint density at radius 3 is 2.72 bits per heavy atom. The highest BCUT2D eigenvalue weighted by Crippen LogP contribution is 2.26. The van der Waals surface area contributed by atoms with E-state index in [1.807, 2.05) is 0 Å². The third-order valence-electron chi connectivity index (χ3n) is 2.06. The smallest absolute Gasteiger partial charge is 0.252 e. The highest BCUT2D eigenvalue weighted by molar-refractivity contribution is 6.30. The molecule has 2 heterocycles. The Morgan fingerprint density at radius 1 is 1.28 bits per heavy atom. The number of anilines is 1. The number of nitrogens with zero attached hydrogens (tertiary/aromatic N) is 2. The van der Waals surface area contributed by atoms with E-state index in [0.29, 0.717) is 10.8 Å². The fraction of sp³-hybridized carbons (Fsp3) is 0. The molecule has 0 aliphatic heterocycles. The second kappa shape index (κ2) is 4.89. The summed E-state index contributed by atoms with van der Waals surface area (Å²) in [7, 11) is 0. The van der Waals surface area contributed by atoms with Crippen molar-refractivity contribution < 1.29 is 9.53 Å². The monoisotopic (exact) mass is 264 g/mol. The molecule has 2 aromatic heterocycles. The second-order valence-corrected chi connectivity index (χ2v) is 3.85. The van der Waals surface area contributed by atoms with E-state index in [1.165, 1.54) is 24.7 Å². The number of carbonyl (C=O) groups excluding carboxylic acids is 1. The van der Waals surface area contributed by atoms with Crippen LogP contribution in [0.3, 0.4) is 0 Å². The van der Waals surface area contributed by atoms with Gasteiger partial charge in [0, 0.05) is 12.3 Å². The van der Waals surface area contributed by atoms with Crippen molar-refractivity contribution >= 4 is 23.3 Å². The van der Waals surface area contributed by atoms with Crippen LogP contribution in [0.15, 0.2) is 30.7 Å². The van der Waals surface area contributed by atoms with Crippen molar-refractivity contribution in [1.82, 2.24) is 9.97 Å². The van der Waals surface area contributed by atoms with Crippen LogP contribution in [0.2, 0.25) is 5.02 Å². The van der Waals surface area contributed by atoms with E-state index in [0.717, 1.165) is 0 Å². The van der Waals surface area contributed by atoms with Gasteiger partial charge in [0.2, 0.25) is 0 Å². The van der Waals surface area contributed by atoms with E-state index in [4.69, 9.17) is 27.8 Å². The lowest BCUT2D eigenvalue weighted by atomic mass is 10.2. The molecule has 2 rings (SSSR count). The standard InChI is InChI=1S/C11H9ClN4O2/c12-6-1-7(4-15-3-6)18-9-5-16-10(13)2-8(9)11(14)17/h1-5H,(H2,13,16)(H2,14,17). The lowest BCUT2D eigenvalue weighted by Gasteiger charge is -2.08. The van der Waals surface area contributed by atoms with Crippen LogP contribution in [0.25, 0.3) is 0 Å². The van der Waals surface area contributed by atoms with Crippen LogP contribution in [0.1, 0.15) is 10.4 Å². The van der Waals surface area contributed by atoms with Crippen LogP contribution in [0.5, 0.6) is 11.5 Å². The number of aromatic nitrogens is 2. The van der Waals surface area contributed by atoms with Gasteiger partial charge in [-0.25, -0.2) is 4.98 Å². The first-order chi connectivity index (χ1) is 8.56. The molecule has 0 saturated carbocycles. The molecule has 0 spiro atoms. The molecule has 18 heavy (non-hydrogen) atoms. The molecule has 4 N–H and O–H groups in total.